The Balaban J connectivity index is 1.94. The molecule has 0 unspecified atom stereocenters. The second kappa shape index (κ2) is 6.75. The highest BCUT2D eigenvalue weighted by molar-refractivity contribution is 5.81. The van der Waals surface area contributed by atoms with Crippen LogP contribution in [0.25, 0.3) is 10.9 Å². The van der Waals surface area contributed by atoms with Gasteiger partial charge in [0.25, 0.3) is 5.56 Å². The standard InChI is InChI=1S/C15H14F2N4O4/c1-21-6-8(5-18-21)24-7-13-19-10-4-12(25-15(16)17)11(23-2)3-9(10)14(22)20-13/h3-6,15H,7H2,1-2H3,(H,19,20,22). The number of nitrogens with one attached hydrogen (secondary N) is 1. The number of aromatic nitrogens is 4. The van der Waals surface area contributed by atoms with Crippen molar-refractivity contribution in [2.24, 2.45) is 7.05 Å². The summed E-state index contributed by atoms with van der Waals surface area (Å²) >= 11 is 0. The fraction of sp³-hybridized carbons (Fsp3) is 0.267. The van der Waals surface area contributed by atoms with E-state index in [9.17, 15) is 13.6 Å². The Labute approximate surface area is 140 Å². The third-order valence-electron chi connectivity index (χ3n) is 3.31. The summed E-state index contributed by atoms with van der Waals surface area (Å²) in [5.41, 5.74) is -0.262. The molecule has 8 nitrogen and oxygen atoms in total. The Hall–Kier alpha value is -3.17. The third-order valence-corrected chi connectivity index (χ3v) is 3.31. The average Bonchev–Trinajstić information content (AvgIpc) is 2.97. The van der Waals surface area contributed by atoms with Gasteiger partial charge in [-0.25, -0.2) is 4.98 Å². The van der Waals surface area contributed by atoms with Gasteiger partial charge in [0, 0.05) is 13.1 Å². The Bertz CT molecular complexity index is 954. The lowest BCUT2D eigenvalue weighted by molar-refractivity contribution is -0.0511. The molecular formula is C15H14F2N4O4. The van der Waals surface area contributed by atoms with Crippen LogP contribution in [0.3, 0.4) is 0 Å². The Morgan fingerprint density at radius 3 is 2.76 bits per heavy atom. The fourth-order valence-corrected chi connectivity index (χ4v) is 2.24. The molecular weight excluding hydrogens is 338 g/mol. The summed E-state index contributed by atoms with van der Waals surface area (Å²) in [6.07, 6.45) is 3.16. The number of methoxy groups -OCH3 is 1. The van der Waals surface area contributed by atoms with Crippen molar-refractivity contribution in [3.05, 3.63) is 40.7 Å². The Morgan fingerprint density at radius 2 is 2.12 bits per heavy atom. The smallest absolute Gasteiger partial charge is 0.387 e. The van der Waals surface area contributed by atoms with Crippen LogP contribution < -0.4 is 19.8 Å². The molecule has 0 amide bonds. The molecule has 2 heterocycles. The molecule has 10 heteroatoms. The molecule has 3 aromatic rings. The molecule has 1 N–H and O–H groups in total. The number of halogens is 2. The number of alkyl halides is 2. The van der Waals surface area contributed by atoms with Gasteiger partial charge in [-0.1, -0.05) is 0 Å². The second-order valence-corrected chi connectivity index (χ2v) is 5.05. The number of ether oxygens (including phenoxy) is 3. The van der Waals surface area contributed by atoms with Crippen LogP contribution in [0.2, 0.25) is 0 Å². The number of hydrogen-bond acceptors (Lipinski definition) is 6. The maximum Gasteiger partial charge on any atom is 0.387 e. The van der Waals surface area contributed by atoms with Crippen molar-refractivity contribution in [1.29, 1.82) is 0 Å². The van der Waals surface area contributed by atoms with Crippen LogP contribution in [0.5, 0.6) is 17.2 Å². The van der Waals surface area contributed by atoms with Gasteiger partial charge < -0.3 is 19.2 Å². The zero-order chi connectivity index (χ0) is 18.0. The first-order chi connectivity index (χ1) is 12.0. The van der Waals surface area contributed by atoms with Crippen LogP contribution in [0.4, 0.5) is 8.78 Å². The average molecular weight is 352 g/mol. The van der Waals surface area contributed by atoms with Crippen molar-refractivity contribution in [3.63, 3.8) is 0 Å². The number of H-pyrrole nitrogens is 1. The van der Waals surface area contributed by atoms with Crippen molar-refractivity contribution >= 4 is 10.9 Å². The first-order valence-corrected chi connectivity index (χ1v) is 7.13. The Kier molecular flexibility index (Phi) is 4.50. The first-order valence-electron chi connectivity index (χ1n) is 7.13. The van der Waals surface area contributed by atoms with Gasteiger partial charge in [0.05, 0.1) is 30.4 Å². The van der Waals surface area contributed by atoms with Crippen molar-refractivity contribution in [2.45, 2.75) is 13.2 Å². The van der Waals surface area contributed by atoms with E-state index in [-0.39, 0.29) is 34.8 Å². The molecule has 1 aromatic carbocycles. The van der Waals surface area contributed by atoms with Crippen LogP contribution in [0, 0.1) is 0 Å². The van der Waals surface area contributed by atoms with E-state index >= 15 is 0 Å². The van der Waals surface area contributed by atoms with Crippen molar-refractivity contribution in [1.82, 2.24) is 19.7 Å². The van der Waals surface area contributed by atoms with E-state index in [1.54, 1.807) is 17.9 Å². The maximum atomic E-state index is 12.5. The monoisotopic (exact) mass is 352 g/mol. The van der Waals surface area contributed by atoms with Gasteiger partial charge in [0.1, 0.15) is 12.4 Å². The van der Waals surface area contributed by atoms with Crippen LogP contribution in [0.1, 0.15) is 5.82 Å². The van der Waals surface area contributed by atoms with Gasteiger partial charge in [-0.05, 0) is 6.07 Å². The number of rotatable bonds is 6. The lowest BCUT2D eigenvalue weighted by atomic mass is 10.2. The van der Waals surface area contributed by atoms with E-state index in [1.807, 2.05) is 0 Å². The molecule has 0 bridgehead atoms. The van der Waals surface area contributed by atoms with Crippen LogP contribution in [-0.2, 0) is 13.7 Å². The van der Waals surface area contributed by atoms with E-state index in [0.29, 0.717) is 5.75 Å². The van der Waals surface area contributed by atoms with E-state index in [2.05, 4.69) is 19.8 Å². The minimum absolute atomic E-state index is 0.0134. The van der Waals surface area contributed by atoms with Gasteiger partial charge in [0.2, 0.25) is 0 Å². The molecule has 0 aliphatic carbocycles. The van der Waals surface area contributed by atoms with E-state index in [0.717, 1.165) is 0 Å². The number of aromatic amines is 1. The highest BCUT2D eigenvalue weighted by atomic mass is 19.3. The van der Waals surface area contributed by atoms with Gasteiger partial charge >= 0.3 is 6.61 Å². The molecule has 2 aromatic heterocycles. The topological polar surface area (TPSA) is 91.3 Å². The number of aryl methyl sites for hydroxylation is 1. The highest BCUT2D eigenvalue weighted by Gasteiger charge is 2.15. The molecule has 0 aliphatic rings. The molecule has 132 valence electrons. The lowest BCUT2D eigenvalue weighted by Crippen LogP contribution is -2.14. The summed E-state index contributed by atoms with van der Waals surface area (Å²) in [5.74, 6) is 0.540. The molecule has 0 aliphatic heterocycles. The predicted octanol–water partition coefficient (Wildman–Crippen LogP) is 1.85. The summed E-state index contributed by atoms with van der Waals surface area (Å²) in [6.45, 7) is -3.05. The van der Waals surface area contributed by atoms with Crippen molar-refractivity contribution in [2.75, 3.05) is 7.11 Å². The molecule has 0 spiro atoms. The van der Waals surface area contributed by atoms with Crippen LogP contribution in [-0.4, -0.2) is 33.5 Å². The van der Waals surface area contributed by atoms with Crippen molar-refractivity contribution in [3.8, 4) is 17.2 Å². The maximum absolute atomic E-state index is 12.5. The Morgan fingerprint density at radius 1 is 1.32 bits per heavy atom. The summed E-state index contributed by atoms with van der Waals surface area (Å²) in [4.78, 5) is 19.0. The summed E-state index contributed by atoms with van der Waals surface area (Å²) in [5, 5.41) is 4.14. The third kappa shape index (κ3) is 3.67. The summed E-state index contributed by atoms with van der Waals surface area (Å²) in [6, 6.07) is 2.52. The molecule has 0 atom stereocenters. The molecule has 0 saturated carbocycles. The first kappa shape index (κ1) is 16.7. The zero-order valence-corrected chi connectivity index (χ0v) is 13.3. The quantitative estimate of drug-likeness (QED) is 0.728. The largest absolute Gasteiger partial charge is 0.493 e. The van der Waals surface area contributed by atoms with Gasteiger partial charge in [0.15, 0.2) is 17.2 Å². The number of fused-ring (bicyclic) bond motifs is 1. The summed E-state index contributed by atoms with van der Waals surface area (Å²) < 4.78 is 41.4. The molecule has 0 saturated heterocycles. The van der Waals surface area contributed by atoms with Gasteiger partial charge in [-0.2, -0.15) is 13.9 Å². The minimum Gasteiger partial charge on any atom is -0.493 e. The zero-order valence-electron chi connectivity index (χ0n) is 13.3. The van der Waals surface area contributed by atoms with E-state index in [4.69, 9.17) is 9.47 Å². The van der Waals surface area contributed by atoms with Crippen LogP contribution >= 0.6 is 0 Å². The fourth-order valence-electron chi connectivity index (χ4n) is 2.24. The van der Waals surface area contributed by atoms with Crippen LogP contribution in [0.15, 0.2) is 29.3 Å². The second-order valence-electron chi connectivity index (χ2n) is 5.05. The predicted molar refractivity (Wildman–Crippen MR) is 83.1 cm³/mol. The van der Waals surface area contributed by atoms with E-state index in [1.165, 1.54) is 25.4 Å². The molecule has 0 radical (unpaired) electrons. The SMILES string of the molecule is COc1cc2c(=O)[nH]c(COc3cnn(C)c3)nc2cc1OC(F)F. The molecule has 25 heavy (non-hydrogen) atoms. The van der Waals surface area contributed by atoms with E-state index < -0.39 is 12.2 Å². The lowest BCUT2D eigenvalue weighted by Gasteiger charge is -2.11. The number of nitrogens with zero attached hydrogens (tertiary/aromatic N) is 3. The highest BCUT2D eigenvalue weighted by Crippen LogP contribution is 2.31. The number of hydrogen-bond donors (Lipinski definition) is 1. The van der Waals surface area contributed by atoms with Gasteiger partial charge in [-0.3, -0.25) is 9.48 Å². The number of benzene rings is 1. The summed E-state index contributed by atoms with van der Waals surface area (Å²) in [7, 11) is 3.03. The van der Waals surface area contributed by atoms with Crippen molar-refractivity contribution < 1.29 is 23.0 Å². The van der Waals surface area contributed by atoms with Gasteiger partial charge in [-0.15, -0.1) is 0 Å². The normalized spacial score (nSPS) is 11.1. The molecule has 3 rings (SSSR count). The molecule has 0 fully saturated rings. The minimum atomic E-state index is -3.03.